The molecule has 0 amide bonds. The Balaban J connectivity index is 2.21. The van der Waals surface area contributed by atoms with Crippen molar-refractivity contribution >= 4 is 5.97 Å². The molecule has 1 aromatic rings. The molecule has 0 radical (unpaired) electrons. The Kier molecular flexibility index (Phi) is 2.96. The molecule has 2 atom stereocenters. The van der Waals surface area contributed by atoms with E-state index in [1.54, 1.807) is 10.9 Å². The highest BCUT2D eigenvalue weighted by molar-refractivity contribution is 5.71. The van der Waals surface area contributed by atoms with E-state index in [1.807, 2.05) is 20.3 Å². The van der Waals surface area contributed by atoms with Gasteiger partial charge in [0.2, 0.25) is 0 Å². The van der Waals surface area contributed by atoms with Crippen LogP contribution in [0.15, 0.2) is 12.4 Å². The fourth-order valence-electron chi connectivity index (χ4n) is 2.40. The number of hydrogen-bond acceptors (Lipinski definition) is 3. The second-order valence-corrected chi connectivity index (χ2v) is 4.55. The lowest BCUT2D eigenvalue weighted by molar-refractivity contribution is -0.144. The first-order valence-electron chi connectivity index (χ1n) is 5.48. The molecule has 0 saturated carbocycles. The normalized spacial score (nSPS) is 26.9. The van der Waals surface area contributed by atoms with Crippen molar-refractivity contribution in [3.8, 4) is 0 Å². The lowest BCUT2D eigenvalue weighted by atomic mass is 9.82. The maximum absolute atomic E-state index is 11.2. The second kappa shape index (κ2) is 4.25. The Hall–Kier alpha value is -1.36. The van der Waals surface area contributed by atoms with Crippen LogP contribution < -0.4 is 0 Å². The number of rotatable bonds is 2. The molecule has 2 rings (SSSR count). The van der Waals surface area contributed by atoms with E-state index in [2.05, 4.69) is 10.00 Å². The maximum atomic E-state index is 11.2. The Morgan fingerprint density at radius 1 is 1.56 bits per heavy atom. The van der Waals surface area contributed by atoms with E-state index in [4.69, 9.17) is 0 Å². The zero-order valence-electron chi connectivity index (χ0n) is 9.63. The van der Waals surface area contributed by atoms with E-state index >= 15 is 0 Å². The predicted molar refractivity (Wildman–Crippen MR) is 59.2 cm³/mol. The highest BCUT2D eigenvalue weighted by atomic mass is 16.4. The van der Waals surface area contributed by atoms with E-state index in [-0.39, 0.29) is 11.8 Å². The highest BCUT2D eigenvalue weighted by Gasteiger charge is 2.34. The van der Waals surface area contributed by atoms with Crippen molar-refractivity contribution in [1.29, 1.82) is 0 Å². The van der Waals surface area contributed by atoms with Gasteiger partial charge in [-0.1, -0.05) is 0 Å². The molecule has 5 heteroatoms. The first-order valence-corrected chi connectivity index (χ1v) is 5.48. The summed E-state index contributed by atoms with van der Waals surface area (Å²) in [5.74, 6) is -0.925. The van der Waals surface area contributed by atoms with Gasteiger partial charge in [0.15, 0.2) is 0 Å². The first kappa shape index (κ1) is 11.1. The van der Waals surface area contributed by atoms with Gasteiger partial charge in [-0.3, -0.25) is 9.48 Å². The third-order valence-corrected chi connectivity index (χ3v) is 3.29. The summed E-state index contributed by atoms with van der Waals surface area (Å²) >= 11 is 0. The third kappa shape index (κ3) is 2.09. The van der Waals surface area contributed by atoms with E-state index in [9.17, 15) is 9.90 Å². The van der Waals surface area contributed by atoms with Crippen LogP contribution in [0, 0.1) is 5.92 Å². The van der Waals surface area contributed by atoms with E-state index < -0.39 is 5.97 Å². The number of aliphatic carboxylic acids is 1. The highest BCUT2D eigenvalue weighted by Crippen LogP contribution is 2.32. The average Bonchev–Trinajstić information content (AvgIpc) is 2.64. The fourth-order valence-corrected chi connectivity index (χ4v) is 2.40. The average molecular weight is 223 g/mol. The summed E-state index contributed by atoms with van der Waals surface area (Å²) in [5.41, 5.74) is 1.04. The zero-order chi connectivity index (χ0) is 11.7. The van der Waals surface area contributed by atoms with Crippen LogP contribution in [-0.4, -0.2) is 45.9 Å². The summed E-state index contributed by atoms with van der Waals surface area (Å²) in [4.78, 5) is 13.3. The number of carboxylic acid groups (broad SMARTS) is 1. The van der Waals surface area contributed by atoms with Gasteiger partial charge in [-0.25, -0.2) is 0 Å². The van der Waals surface area contributed by atoms with Crippen molar-refractivity contribution in [2.75, 3.05) is 20.1 Å². The summed E-state index contributed by atoms with van der Waals surface area (Å²) < 4.78 is 1.73. The van der Waals surface area contributed by atoms with Crippen LogP contribution in [0.25, 0.3) is 0 Å². The van der Waals surface area contributed by atoms with Crippen LogP contribution >= 0.6 is 0 Å². The van der Waals surface area contributed by atoms with Crippen molar-refractivity contribution < 1.29 is 9.90 Å². The van der Waals surface area contributed by atoms with Gasteiger partial charge in [0, 0.05) is 25.7 Å². The van der Waals surface area contributed by atoms with Crippen molar-refractivity contribution in [3.63, 3.8) is 0 Å². The van der Waals surface area contributed by atoms with Crippen LogP contribution in [0.4, 0.5) is 0 Å². The molecule has 1 aromatic heterocycles. The second-order valence-electron chi connectivity index (χ2n) is 4.55. The van der Waals surface area contributed by atoms with Crippen LogP contribution in [-0.2, 0) is 11.8 Å². The minimum absolute atomic E-state index is 0.0994. The standard InChI is InChI=1S/C11H17N3O2/c1-13-4-3-9(10(7-13)11(15)16)8-5-12-14(2)6-8/h5-6,9-10H,3-4,7H2,1-2H3,(H,15,16)/t9-,10+/m0/s1. The molecule has 0 aliphatic carbocycles. The van der Waals surface area contributed by atoms with Gasteiger partial charge < -0.3 is 10.0 Å². The fraction of sp³-hybridized carbons (Fsp3) is 0.636. The summed E-state index contributed by atoms with van der Waals surface area (Å²) in [7, 11) is 3.82. The lowest BCUT2D eigenvalue weighted by Gasteiger charge is -2.33. The number of carbonyl (C=O) groups is 1. The van der Waals surface area contributed by atoms with Gasteiger partial charge in [-0.05, 0) is 25.6 Å². The van der Waals surface area contributed by atoms with Gasteiger partial charge >= 0.3 is 5.97 Å². The van der Waals surface area contributed by atoms with Gasteiger partial charge in [0.05, 0.1) is 12.1 Å². The summed E-state index contributed by atoms with van der Waals surface area (Å²) in [6, 6.07) is 0. The van der Waals surface area contributed by atoms with Crippen molar-refractivity contribution in [1.82, 2.24) is 14.7 Å². The number of likely N-dealkylation sites (tertiary alicyclic amines) is 1. The smallest absolute Gasteiger partial charge is 0.308 e. The largest absolute Gasteiger partial charge is 0.481 e. The molecule has 1 aliphatic rings. The van der Waals surface area contributed by atoms with Gasteiger partial charge in [-0.15, -0.1) is 0 Å². The van der Waals surface area contributed by atoms with Crippen molar-refractivity contribution in [2.24, 2.45) is 13.0 Å². The number of nitrogens with zero attached hydrogens (tertiary/aromatic N) is 3. The number of carboxylic acids is 1. The van der Waals surface area contributed by atoms with Crippen LogP contribution in [0.2, 0.25) is 0 Å². The minimum Gasteiger partial charge on any atom is -0.481 e. The molecule has 5 nitrogen and oxygen atoms in total. The molecule has 16 heavy (non-hydrogen) atoms. The zero-order valence-corrected chi connectivity index (χ0v) is 9.63. The molecular weight excluding hydrogens is 206 g/mol. The first-order chi connectivity index (χ1) is 7.58. The Morgan fingerprint density at radius 2 is 2.31 bits per heavy atom. The molecule has 2 heterocycles. The molecule has 0 unspecified atom stereocenters. The number of aryl methyl sites for hydroxylation is 1. The number of aromatic nitrogens is 2. The summed E-state index contributed by atoms with van der Waals surface area (Å²) in [6.07, 6.45) is 4.59. The molecule has 0 aromatic carbocycles. The molecule has 1 aliphatic heterocycles. The van der Waals surface area contributed by atoms with Crippen LogP contribution in [0.5, 0.6) is 0 Å². The summed E-state index contributed by atoms with van der Waals surface area (Å²) in [6.45, 7) is 1.57. The molecule has 0 spiro atoms. The molecule has 1 N–H and O–H groups in total. The van der Waals surface area contributed by atoms with E-state index in [1.165, 1.54) is 0 Å². The van der Waals surface area contributed by atoms with Gasteiger partial charge in [0.1, 0.15) is 0 Å². The topological polar surface area (TPSA) is 58.4 Å². The minimum atomic E-state index is -0.708. The number of hydrogen-bond donors (Lipinski definition) is 1. The molecular formula is C11H17N3O2. The van der Waals surface area contributed by atoms with Crippen LogP contribution in [0.3, 0.4) is 0 Å². The number of piperidine rings is 1. The Labute approximate surface area is 94.7 Å². The SMILES string of the molecule is CN1CC[C@@H](c2cnn(C)c2)[C@H](C(=O)O)C1. The monoisotopic (exact) mass is 223 g/mol. The molecule has 88 valence electrons. The summed E-state index contributed by atoms with van der Waals surface area (Å²) in [5, 5.41) is 13.4. The maximum Gasteiger partial charge on any atom is 0.308 e. The predicted octanol–water partition coefficient (Wildman–Crippen LogP) is 0.540. The Morgan fingerprint density at radius 3 is 2.88 bits per heavy atom. The van der Waals surface area contributed by atoms with E-state index in [0.717, 1.165) is 18.5 Å². The molecule has 0 bridgehead atoms. The lowest BCUT2D eigenvalue weighted by Crippen LogP contribution is -2.40. The quantitative estimate of drug-likeness (QED) is 0.795. The van der Waals surface area contributed by atoms with Crippen molar-refractivity contribution in [3.05, 3.63) is 18.0 Å². The van der Waals surface area contributed by atoms with Gasteiger partial charge in [-0.2, -0.15) is 5.10 Å². The molecule has 1 saturated heterocycles. The van der Waals surface area contributed by atoms with Gasteiger partial charge in [0.25, 0.3) is 0 Å². The van der Waals surface area contributed by atoms with E-state index in [0.29, 0.717) is 6.54 Å². The van der Waals surface area contributed by atoms with Crippen molar-refractivity contribution in [2.45, 2.75) is 12.3 Å². The molecule has 1 fully saturated rings. The Bertz CT molecular complexity index is 388. The third-order valence-electron chi connectivity index (χ3n) is 3.29. The van der Waals surface area contributed by atoms with Crippen LogP contribution in [0.1, 0.15) is 17.9 Å².